The van der Waals surface area contributed by atoms with E-state index >= 15 is 0 Å². The molecule has 12 heteroatoms. The van der Waals surface area contributed by atoms with Crippen molar-refractivity contribution >= 4 is 38.9 Å². The van der Waals surface area contributed by atoms with Gasteiger partial charge in [0, 0.05) is 51.9 Å². The molecule has 1 saturated heterocycles. The molecule has 3 N–H and O–H groups in total. The number of carbonyl (C=O) groups is 1. The SMILES string of the molecule is CCC1c2cc3nc(N4CCC(N)C4)cc(n3n2)N(C)CCS(=O)(=O)Nc2ccc(C)cc2C(=O)N1C. The number of hydrogen-bond donors (Lipinski definition) is 2. The highest BCUT2D eigenvalue weighted by Crippen LogP contribution is 2.31. The van der Waals surface area contributed by atoms with Gasteiger partial charge in [0.25, 0.3) is 5.91 Å². The molecule has 2 aliphatic rings. The number of sulfonamides is 1. The zero-order valence-corrected chi connectivity index (χ0v) is 22.5. The Kier molecular flexibility index (Phi) is 6.48. The number of fused-ring (bicyclic) bond motifs is 2. The fourth-order valence-corrected chi connectivity index (χ4v) is 6.21. The molecule has 2 aromatic heterocycles. The van der Waals surface area contributed by atoms with Crippen molar-refractivity contribution in [1.29, 1.82) is 0 Å². The molecule has 0 radical (unpaired) electrons. The molecule has 198 valence electrons. The Morgan fingerprint density at radius 1 is 1.16 bits per heavy atom. The normalized spacial score (nSPS) is 22.3. The van der Waals surface area contributed by atoms with Crippen LogP contribution in [0.5, 0.6) is 0 Å². The molecular weight excluding hydrogens is 492 g/mol. The third-order valence-corrected chi connectivity index (χ3v) is 8.49. The highest BCUT2D eigenvalue weighted by Gasteiger charge is 2.29. The van der Waals surface area contributed by atoms with E-state index in [2.05, 4.69) is 9.62 Å². The first-order chi connectivity index (χ1) is 17.6. The van der Waals surface area contributed by atoms with Gasteiger partial charge in [-0.05, 0) is 31.9 Å². The summed E-state index contributed by atoms with van der Waals surface area (Å²) >= 11 is 0. The molecule has 2 atom stereocenters. The molecule has 0 spiro atoms. The smallest absolute Gasteiger partial charge is 0.256 e. The van der Waals surface area contributed by atoms with Gasteiger partial charge >= 0.3 is 0 Å². The molecular formula is C25H34N8O3S. The number of carbonyl (C=O) groups excluding carboxylic acids is 1. The van der Waals surface area contributed by atoms with Crippen LogP contribution in [0.1, 0.15) is 47.4 Å². The van der Waals surface area contributed by atoms with Crippen LogP contribution in [0.15, 0.2) is 30.3 Å². The first kappa shape index (κ1) is 25.3. The first-order valence-corrected chi connectivity index (χ1v) is 14.2. The number of aromatic nitrogens is 3. The Morgan fingerprint density at radius 2 is 1.95 bits per heavy atom. The second kappa shape index (κ2) is 9.49. The quantitative estimate of drug-likeness (QED) is 0.519. The third-order valence-electron chi connectivity index (χ3n) is 7.24. The zero-order chi connectivity index (χ0) is 26.5. The first-order valence-electron chi connectivity index (χ1n) is 12.6. The van der Waals surface area contributed by atoms with Crippen molar-refractivity contribution in [2.45, 2.75) is 38.8 Å². The maximum Gasteiger partial charge on any atom is 0.256 e. The van der Waals surface area contributed by atoms with E-state index in [-0.39, 0.29) is 36.0 Å². The molecule has 1 amide bonds. The largest absolute Gasteiger partial charge is 0.358 e. The molecule has 37 heavy (non-hydrogen) atoms. The summed E-state index contributed by atoms with van der Waals surface area (Å²) in [5.74, 6) is 1.05. The highest BCUT2D eigenvalue weighted by molar-refractivity contribution is 7.92. The molecule has 5 rings (SSSR count). The maximum atomic E-state index is 13.7. The number of benzene rings is 1. The molecule has 11 nitrogen and oxygen atoms in total. The summed E-state index contributed by atoms with van der Waals surface area (Å²) in [4.78, 5) is 24.2. The number of amides is 1. The minimum atomic E-state index is -3.74. The lowest BCUT2D eigenvalue weighted by atomic mass is 10.1. The Balaban J connectivity index is 1.67. The van der Waals surface area contributed by atoms with Crippen LogP contribution in [0, 0.1) is 6.92 Å². The lowest BCUT2D eigenvalue weighted by Crippen LogP contribution is -2.34. The van der Waals surface area contributed by atoms with Gasteiger partial charge < -0.3 is 20.4 Å². The molecule has 1 fully saturated rings. The summed E-state index contributed by atoms with van der Waals surface area (Å²) in [6, 6.07) is 8.77. The van der Waals surface area contributed by atoms with Gasteiger partial charge in [0.2, 0.25) is 10.0 Å². The predicted octanol–water partition coefficient (Wildman–Crippen LogP) is 1.99. The van der Waals surface area contributed by atoms with E-state index in [1.54, 1.807) is 34.7 Å². The van der Waals surface area contributed by atoms with E-state index in [1.807, 2.05) is 37.9 Å². The van der Waals surface area contributed by atoms with Crippen molar-refractivity contribution in [3.63, 3.8) is 0 Å². The highest BCUT2D eigenvalue weighted by atomic mass is 32.2. The molecule has 3 aromatic rings. The van der Waals surface area contributed by atoms with Gasteiger partial charge in [-0.25, -0.2) is 13.4 Å². The monoisotopic (exact) mass is 526 g/mol. The van der Waals surface area contributed by atoms with Gasteiger partial charge in [0.1, 0.15) is 11.6 Å². The van der Waals surface area contributed by atoms with Crippen LogP contribution >= 0.6 is 0 Å². The second-order valence-electron chi connectivity index (χ2n) is 10.0. The summed E-state index contributed by atoms with van der Waals surface area (Å²) in [6.45, 7) is 5.60. The summed E-state index contributed by atoms with van der Waals surface area (Å²) in [7, 11) is -0.168. The van der Waals surface area contributed by atoms with Crippen molar-refractivity contribution in [3.8, 4) is 0 Å². The van der Waals surface area contributed by atoms with Crippen LogP contribution in [-0.2, 0) is 10.0 Å². The van der Waals surface area contributed by atoms with Crippen molar-refractivity contribution in [2.75, 3.05) is 54.0 Å². The predicted molar refractivity (Wildman–Crippen MR) is 145 cm³/mol. The average molecular weight is 527 g/mol. The minimum Gasteiger partial charge on any atom is -0.358 e. The summed E-state index contributed by atoms with van der Waals surface area (Å²) in [5.41, 5.74) is 8.97. The number of nitrogens with one attached hydrogen (secondary N) is 1. The molecule has 2 bridgehead atoms. The fraction of sp³-hybridized carbons (Fsp3) is 0.480. The maximum absolute atomic E-state index is 13.7. The van der Waals surface area contributed by atoms with E-state index in [0.29, 0.717) is 24.2 Å². The van der Waals surface area contributed by atoms with Crippen molar-refractivity contribution in [1.82, 2.24) is 19.5 Å². The second-order valence-corrected chi connectivity index (χ2v) is 11.9. The lowest BCUT2D eigenvalue weighted by Gasteiger charge is -2.27. The van der Waals surface area contributed by atoms with Gasteiger partial charge in [-0.3, -0.25) is 9.52 Å². The van der Waals surface area contributed by atoms with Crippen LogP contribution in [-0.4, -0.2) is 79.3 Å². The minimum absolute atomic E-state index is 0.0897. The summed E-state index contributed by atoms with van der Waals surface area (Å²) < 4.78 is 30.6. The number of aryl methyl sites for hydroxylation is 1. The van der Waals surface area contributed by atoms with Crippen molar-refractivity contribution in [2.24, 2.45) is 5.73 Å². The molecule has 2 aliphatic heterocycles. The Bertz CT molecular complexity index is 1450. The van der Waals surface area contributed by atoms with E-state index < -0.39 is 10.0 Å². The summed E-state index contributed by atoms with van der Waals surface area (Å²) in [5, 5.41) is 4.87. The van der Waals surface area contributed by atoms with Crippen molar-refractivity contribution in [3.05, 3.63) is 47.2 Å². The van der Waals surface area contributed by atoms with Gasteiger partial charge in [-0.2, -0.15) is 9.61 Å². The third kappa shape index (κ3) is 4.82. The zero-order valence-electron chi connectivity index (χ0n) is 21.7. The van der Waals surface area contributed by atoms with Crippen LogP contribution in [0.25, 0.3) is 5.65 Å². The van der Waals surface area contributed by atoms with Crippen molar-refractivity contribution < 1.29 is 13.2 Å². The number of nitrogens with two attached hydrogens (primary N) is 1. The number of nitrogens with zero attached hydrogens (tertiary/aromatic N) is 6. The van der Waals surface area contributed by atoms with E-state index in [1.165, 1.54) is 0 Å². The Hall–Kier alpha value is -3.38. The van der Waals surface area contributed by atoms with Crippen LogP contribution in [0.4, 0.5) is 17.3 Å². The lowest BCUT2D eigenvalue weighted by molar-refractivity contribution is 0.0723. The Morgan fingerprint density at radius 3 is 2.65 bits per heavy atom. The molecule has 1 aromatic carbocycles. The van der Waals surface area contributed by atoms with Crippen LogP contribution in [0.2, 0.25) is 0 Å². The molecule has 2 unspecified atom stereocenters. The average Bonchev–Trinajstić information content (AvgIpc) is 3.48. The summed E-state index contributed by atoms with van der Waals surface area (Å²) in [6.07, 6.45) is 1.51. The molecule has 0 aliphatic carbocycles. The number of anilines is 3. The fourth-order valence-electron chi connectivity index (χ4n) is 5.08. The van der Waals surface area contributed by atoms with E-state index in [4.69, 9.17) is 15.8 Å². The van der Waals surface area contributed by atoms with Gasteiger partial charge in [-0.15, -0.1) is 0 Å². The molecule has 0 saturated carbocycles. The Labute approximate surface area is 217 Å². The van der Waals surface area contributed by atoms with Crippen LogP contribution in [0.3, 0.4) is 0 Å². The van der Waals surface area contributed by atoms with Gasteiger partial charge in [0.05, 0.1) is 28.7 Å². The van der Waals surface area contributed by atoms with E-state index in [9.17, 15) is 13.2 Å². The molecule has 4 heterocycles. The van der Waals surface area contributed by atoms with Crippen LogP contribution < -0.4 is 20.3 Å². The topological polar surface area (TPSA) is 129 Å². The van der Waals surface area contributed by atoms with E-state index in [0.717, 1.165) is 35.9 Å². The van der Waals surface area contributed by atoms with Gasteiger partial charge in [-0.1, -0.05) is 18.6 Å². The number of hydrogen-bond acceptors (Lipinski definition) is 8. The van der Waals surface area contributed by atoms with Gasteiger partial charge in [0.15, 0.2) is 5.65 Å². The standard InChI is InChI=1S/C25H34N8O3S/c1-5-21-20-13-23-27-22(32-9-8-17(26)15-32)14-24(33(23)28-20)30(3)10-11-37(35,36)29-19-7-6-16(2)12-18(19)25(34)31(21)4/h6-7,12-14,17,21,29H,5,8-11,15,26H2,1-4H3. The number of rotatable bonds is 2.